The lowest BCUT2D eigenvalue weighted by Gasteiger charge is -1.92. The second kappa shape index (κ2) is 3.03. The quantitative estimate of drug-likeness (QED) is 0.570. The smallest absolute Gasteiger partial charge is 0.153 e. The molecule has 0 saturated carbocycles. The van der Waals surface area contributed by atoms with E-state index in [2.05, 4.69) is 9.97 Å². The van der Waals surface area contributed by atoms with Gasteiger partial charge in [-0.3, -0.25) is 4.79 Å². The van der Waals surface area contributed by atoms with E-state index >= 15 is 0 Å². The van der Waals surface area contributed by atoms with Crippen LogP contribution in [0.15, 0.2) is 12.4 Å². The summed E-state index contributed by atoms with van der Waals surface area (Å²) in [5.41, 5.74) is 5.70. The number of hydrogen-bond acceptors (Lipinski definition) is 4. The zero-order chi connectivity index (χ0) is 7.40. The Morgan fingerprint density at radius 3 is 2.50 bits per heavy atom. The minimum absolute atomic E-state index is 0.305. The van der Waals surface area contributed by atoms with Crippen molar-refractivity contribution < 1.29 is 4.79 Å². The Morgan fingerprint density at radius 2 is 2.10 bits per heavy atom. The van der Waals surface area contributed by atoms with Crippen molar-refractivity contribution in [1.82, 2.24) is 9.97 Å². The summed E-state index contributed by atoms with van der Waals surface area (Å²) in [6.45, 7) is 0.305. The summed E-state index contributed by atoms with van der Waals surface area (Å²) >= 11 is 0. The van der Waals surface area contributed by atoms with Crippen LogP contribution in [0.5, 0.6) is 0 Å². The van der Waals surface area contributed by atoms with E-state index in [0.717, 1.165) is 0 Å². The lowest BCUT2D eigenvalue weighted by Crippen LogP contribution is -2.02. The van der Waals surface area contributed by atoms with Crippen LogP contribution in [0.3, 0.4) is 0 Å². The summed E-state index contributed by atoms with van der Waals surface area (Å²) in [5, 5.41) is 0. The number of carbonyl (C=O) groups excluding carboxylic acids is 1. The predicted octanol–water partition coefficient (Wildman–Crippen LogP) is -0.252. The normalized spacial score (nSPS) is 9.30. The zero-order valence-corrected chi connectivity index (χ0v) is 5.32. The second-order valence-electron chi connectivity index (χ2n) is 1.75. The SMILES string of the molecule is NCc1ncc(C=O)cn1. The lowest BCUT2D eigenvalue weighted by molar-refractivity contribution is 0.112. The number of rotatable bonds is 2. The monoisotopic (exact) mass is 137 g/mol. The Kier molecular flexibility index (Phi) is 2.07. The van der Waals surface area contributed by atoms with Gasteiger partial charge in [0.1, 0.15) is 5.82 Å². The molecule has 4 heteroatoms. The highest BCUT2D eigenvalue weighted by Gasteiger charge is 1.91. The van der Waals surface area contributed by atoms with Gasteiger partial charge in [0, 0.05) is 12.4 Å². The average molecular weight is 137 g/mol. The van der Waals surface area contributed by atoms with Gasteiger partial charge in [-0.15, -0.1) is 0 Å². The number of nitrogens with zero attached hydrogens (tertiary/aromatic N) is 2. The molecule has 0 fully saturated rings. The van der Waals surface area contributed by atoms with Crippen LogP contribution in [0.4, 0.5) is 0 Å². The van der Waals surface area contributed by atoms with Crippen LogP contribution in [0, 0.1) is 0 Å². The number of aromatic nitrogens is 2. The molecule has 1 rings (SSSR count). The lowest BCUT2D eigenvalue weighted by atomic mass is 10.4. The topological polar surface area (TPSA) is 68.9 Å². The molecule has 0 unspecified atom stereocenters. The molecule has 0 aliphatic heterocycles. The molecule has 0 saturated heterocycles. The molecule has 1 aromatic heterocycles. The van der Waals surface area contributed by atoms with Gasteiger partial charge in [0.15, 0.2) is 6.29 Å². The van der Waals surface area contributed by atoms with Gasteiger partial charge in [-0.05, 0) is 0 Å². The van der Waals surface area contributed by atoms with E-state index in [4.69, 9.17) is 5.73 Å². The van der Waals surface area contributed by atoms with Crippen molar-refractivity contribution in [1.29, 1.82) is 0 Å². The van der Waals surface area contributed by atoms with Crippen molar-refractivity contribution >= 4 is 6.29 Å². The van der Waals surface area contributed by atoms with E-state index in [0.29, 0.717) is 24.2 Å². The molecule has 4 nitrogen and oxygen atoms in total. The highest BCUT2D eigenvalue weighted by Crippen LogP contribution is 1.90. The molecule has 0 amide bonds. The molecular weight excluding hydrogens is 130 g/mol. The standard InChI is InChI=1S/C6H7N3O/c7-1-6-8-2-5(4-10)3-9-6/h2-4H,1,7H2. The largest absolute Gasteiger partial charge is 0.324 e. The van der Waals surface area contributed by atoms with Gasteiger partial charge >= 0.3 is 0 Å². The van der Waals surface area contributed by atoms with E-state index in [1.807, 2.05) is 0 Å². The van der Waals surface area contributed by atoms with Crippen LogP contribution in [0.2, 0.25) is 0 Å². The van der Waals surface area contributed by atoms with Gasteiger partial charge in [0.2, 0.25) is 0 Å². The fraction of sp³-hybridized carbons (Fsp3) is 0.167. The number of aldehydes is 1. The summed E-state index contributed by atoms with van der Waals surface area (Å²) in [6.07, 6.45) is 3.59. The molecule has 0 spiro atoms. The van der Waals surface area contributed by atoms with Crippen LogP contribution in [0.1, 0.15) is 16.2 Å². The average Bonchev–Trinajstić information content (AvgIpc) is 2.05. The van der Waals surface area contributed by atoms with Crippen molar-refractivity contribution in [3.63, 3.8) is 0 Å². The maximum Gasteiger partial charge on any atom is 0.153 e. The predicted molar refractivity (Wildman–Crippen MR) is 35.3 cm³/mol. The second-order valence-corrected chi connectivity index (χ2v) is 1.75. The van der Waals surface area contributed by atoms with Crippen molar-refractivity contribution in [2.24, 2.45) is 5.73 Å². The summed E-state index contributed by atoms with van der Waals surface area (Å²) in [4.78, 5) is 17.7. The first-order valence-electron chi connectivity index (χ1n) is 2.83. The molecule has 0 aliphatic carbocycles. The Hall–Kier alpha value is -1.29. The minimum atomic E-state index is 0.305. The molecule has 1 aromatic rings. The minimum Gasteiger partial charge on any atom is -0.324 e. The summed E-state index contributed by atoms with van der Waals surface area (Å²) in [5.74, 6) is 0.547. The first kappa shape index (κ1) is 6.82. The van der Waals surface area contributed by atoms with Crippen LogP contribution in [-0.4, -0.2) is 16.3 Å². The van der Waals surface area contributed by atoms with Gasteiger partial charge in [0.05, 0.1) is 12.1 Å². The third-order valence-electron chi connectivity index (χ3n) is 1.04. The maximum absolute atomic E-state index is 10.1. The van der Waals surface area contributed by atoms with Gasteiger partial charge < -0.3 is 5.73 Å². The van der Waals surface area contributed by atoms with E-state index in [1.54, 1.807) is 0 Å². The molecule has 0 radical (unpaired) electrons. The van der Waals surface area contributed by atoms with Crippen LogP contribution in [0.25, 0.3) is 0 Å². The van der Waals surface area contributed by atoms with Gasteiger partial charge in [-0.25, -0.2) is 9.97 Å². The highest BCUT2D eigenvalue weighted by atomic mass is 16.1. The summed E-state index contributed by atoms with van der Waals surface area (Å²) < 4.78 is 0. The third kappa shape index (κ3) is 1.35. The van der Waals surface area contributed by atoms with E-state index in [-0.39, 0.29) is 0 Å². The number of carbonyl (C=O) groups is 1. The van der Waals surface area contributed by atoms with Crippen LogP contribution < -0.4 is 5.73 Å². The molecule has 0 atom stereocenters. The third-order valence-corrected chi connectivity index (χ3v) is 1.04. The summed E-state index contributed by atoms with van der Waals surface area (Å²) in [6, 6.07) is 0. The molecular formula is C6H7N3O. The molecule has 0 aromatic carbocycles. The maximum atomic E-state index is 10.1. The van der Waals surface area contributed by atoms with E-state index in [9.17, 15) is 4.79 Å². The molecule has 0 bridgehead atoms. The molecule has 1 heterocycles. The zero-order valence-electron chi connectivity index (χ0n) is 5.32. The molecule has 0 aliphatic rings. The summed E-state index contributed by atoms with van der Waals surface area (Å²) in [7, 11) is 0. The Labute approximate surface area is 58.1 Å². The molecule has 2 N–H and O–H groups in total. The van der Waals surface area contributed by atoms with Gasteiger partial charge in [-0.1, -0.05) is 0 Å². The molecule has 52 valence electrons. The van der Waals surface area contributed by atoms with Gasteiger partial charge in [0.25, 0.3) is 0 Å². The number of hydrogen-bond donors (Lipinski definition) is 1. The van der Waals surface area contributed by atoms with Crippen molar-refractivity contribution in [2.45, 2.75) is 6.54 Å². The molecule has 10 heavy (non-hydrogen) atoms. The highest BCUT2D eigenvalue weighted by molar-refractivity contribution is 5.73. The van der Waals surface area contributed by atoms with Crippen molar-refractivity contribution in [3.8, 4) is 0 Å². The fourth-order valence-electron chi connectivity index (χ4n) is 0.531. The van der Waals surface area contributed by atoms with E-state index in [1.165, 1.54) is 12.4 Å². The Morgan fingerprint density at radius 1 is 1.50 bits per heavy atom. The van der Waals surface area contributed by atoms with E-state index < -0.39 is 0 Å². The first-order valence-corrected chi connectivity index (χ1v) is 2.83. The van der Waals surface area contributed by atoms with Crippen molar-refractivity contribution in [2.75, 3.05) is 0 Å². The van der Waals surface area contributed by atoms with Gasteiger partial charge in [-0.2, -0.15) is 0 Å². The first-order chi connectivity index (χ1) is 4.86. The van der Waals surface area contributed by atoms with Crippen LogP contribution in [-0.2, 0) is 6.54 Å². The fourth-order valence-corrected chi connectivity index (χ4v) is 0.531. The van der Waals surface area contributed by atoms with Crippen molar-refractivity contribution in [3.05, 3.63) is 23.8 Å². The van der Waals surface area contributed by atoms with Crippen LogP contribution >= 0.6 is 0 Å². The Balaban J connectivity index is 2.90. The Bertz CT molecular complexity index is 219. The number of nitrogens with two attached hydrogens (primary N) is 1.